The highest BCUT2D eigenvalue weighted by Crippen LogP contribution is 2.77. The largest absolute Gasteiger partial charge is 0.519 e. The Balaban J connectivity index is 1.99. The van der Waals surface area contributed by atoms with Crippen LogP contribution in [0.4, 0.5) is 0 Å². The van der Waals surface area contributed by atoms with Crippen molar-refractivity contribution in [3.63, 3.8) is 0 Å². The Bertz CT molecular complexity index is 646. The third-order valence-electron chi connectivity index (χ3n) is 11.2. The van der Waals surface area contributed by atoms with Crippen molar-refractivity contribution in [2.45, 2.75) is 191 Å². The van der Waals surface area contributed by atoms with Gasteiger partial charge in [0, 0.05) is 13.3 Å². The molecule has 3 saturated carbocycles. The number of hydrogen-bond acceptors (Lipinski definition) is 2. The Morgan fingerprint density at radius 2 is 1.21 bits per heavy atom. The molecule has 0 aromatic heterocycles. The number of hydrogen-bond donors (Lipinski definition) is 0. The fourth-order valence-electron chi connectivity index (χ4n) is 8.52. The monoisotopic (exact) mass is 577 g/mol. The molecule has 0 spiro atoms. The summed E-state index contributed by atoms with van der Waals surface area (Å²) in [6.45, 7) is 13.5. The van der Waals surface area contributed by atoms with Crippen LogP contribution >= 0.6 is 7.26 Å². The van der Waals surface area contributed by atoms with Gasteiger partial charge >= 0.3 is 0 Å². The molecule has 0 aromatic carbocycles. The van der Waals surface area contributed by atoms with Gasteiger partial charge in [-0.1, -0.05) is 72.5 Å². The molecular weight excluding hydrogens is 511 g/mol. The lowest BCUT2D eigenvalue weighted by molar-refractivity contribution is 0.0573. The smallest absolute Gasteiger partial charge is 0.265 e. The van der Waals surface area contributed by atoms with Crippen LogP contribution in [0.1, 0.15) is 150 Å². The molecule has 3 rings (SSSR count). The number of allylic oxidation sites excluding steroid dienone is 1. The number of rotatable bonds is 17. The first-order valence-electron chi connectivity index (χ1n) is 17.6. The van der Waals surface area contributed by atoms with E-state index in [-0.39, 0.29) is 6.10 Å². The first-order valence-corrected chi connectivity index (χ1v) is 22.3. The predicted molar refractivity (Wildman–Crippen MR) is 178 cm³/mol. The number of unbranched alkanes of at least 4 members (excludes halogenated alkanes) is 2. The maximum absolute atomic E-state index is 7.13. The Kier molecular flexibility index (Phi) is 15.0. The van der Waals surface area contributed by atoms with Crippen molar-refractivity contribution >= 4 is 15.6 Å². The van der Waals surface area contributed by atoms with E-state index in [1.165, 1.54) is 140 Å². The van der Waals surface area contributed by atoms with E-state index in [0.717, 1.165) is 29.3 Å². The maximum Gasteiger partial charge on any atom is 0.265 e. The van der Waals surface area contributed by atoms with Gasteiger partial charge in [0.15, 0.2) is 0 Å². The van der Waals surface area contributed by atoms with Crippen molar-refractivity contribution in [1.82, 2.24) is 0 Å². The summed E-state index contributed by atoms with van der Waals surface area (Å²) in [6.07, 6.45) is 33.1. The molecule has 1 atom stereocenters. The van der Waals surface area contributed by atoms with Crippen molar-refractivity contribution < 1.29 is 9.16 Å². The van der Waals surface area contributed by atoms with Gasteiger partial charge in [0.2, 0.25) is 0 Å². The maximum atomic E-state index is 7.13. The molecule has 0 bridgehead atoms. The van der Waals surface area contributed by atoms with E-state index in [1.54, 1.807) is 0 Å². The summed E-state index contributed by atoms with van der Waals surface area (Å²) in [5.41, 5.74) is 3.00. The van der Waals surface area contributed by atoms with Crippen molar-refractivity contribution in [3.8, 4) is 0 Å². The minimum absolute atomic E-state index is 0.0758. The van der Waals surface area contributed by atoms with E-state index in [0.29, 0.717) is 0 Å². The van der Waals surface area contributed by atoms with Gasteiger partial charge in [0.1, 0.15) is 6.10 Å². The van der Waals surface area contributed by atoms with Gasteiger partial charge in [-0.2, -0.15) is 0 Å². The Morgan fingerprint density at radius 3 is 1.59 bits per heavy atom. The second-order valence-corrected chi connectivity index (χ2v) is 22.5. The van der Waals surface area contributed by atoms with Crippen molar-refractivity contribution in [3.05, 3.63) is 24.7 Å². The molecule has 3 aliphatic rings. The summed E-state index contributed by atoms with van der Waals surface area (Å²) in [6, 6.07) is 3.51. The van der Waals surface area contributed by atoms with Gasteiger partial charge in [-0.15, -0.1) is 0 Å². The van der Waals surface area contributed by atoms with Gasteiger partial charge in [-0.25, -0.2) is 0 Å². The van der Waals surface area contributed by atoms with Crippen molar-refractivity contribution in [1.29, 1.82) is 0 Å². The topological polar surface area (TPSA) is 18.5 Å². The van der Waals surface area contributed by atoms with Crippen LogP contribution in [-0.2, 0) is 9.16 Å². The lowest BCUT2D eigenvalue weighted by atomic mass is 9.99. The minimum atomic E-state index is -1.83. The molecular formula is C35H66O2PSi+. The second-order valence-electron chi connectivity index (χ2n) is 13.3. The lowest BCUT2D eigenvalue weighted by Gasteiger charge is -2.48. The minimum Gasteiger partial charge on any atom is -0.519 e. The quantitative estimate of drug-likeness (QED) is 0.0563. The highest BCUT2D eigenvalue weighted by atomic mass is 31.2. The molecule has 0 heterocycles. The molecule has 0 amide bonds. The summed E-state index contributed by atoms with van der Waals surface area (Å²) in [5, 5.41) is 0. The van der Waals surface area contributed by atoms with Crippen LogP contribution in [0.2, 0.25) is 18.1 Å². The summed E-state index contributed by atoms with van der Waals surface area (Å²) < 4.78 is 14.0. The molecule has 0 N–H and O–H groups in total. The molecule has 4 heteroatoms. The molecule has 0 aliphatic heterocycles. The summed E-state index contributed by atoms with van der Waals surface area (Å²) in [7, 11) is -3.02. The van der Waals surface area contributed by atoms with E-state index in [9.17, 15) is 0 Å². The Morgan fingerprint density at radius 1 is 0.744 bits per heavy atom. The van der Waals surface area contributed by atoms with Crippen LogP contribution in [-0.4, -0.2) is 37.6 Å². The number of ether oxygens (including phenoxy) is 1. The van der Waals surface area contributed by atoms with Crippen molar-refractivity contribution in [2.75, 3.05) is 6.16 Å². The van der Waals surface area contributed by atoms with Crippen molar-refractivity contribution in [2.24, 2.45) is 0 Å². The standard InChI is InChI=1S/C35H66O2PSi/c1-6-11-15-22-31(7-2)36-35(37-39(8-3,9-4)10-5)29-30-38(32-23-16-12-17-24-32,33-25-18-13-19-26-33)34-27-20-14-21-28-34/h7,29,31-34H,2,6,8-28,30H2,1,3-5H3/q+1/b35-29-. The van der Waals surface area contributed by atoms with E-state index >= 15 is 0 Å². The SMILES string of the molecule is C=CC(CCCCC)O/C(=C/C[P+](C1CCCCC1)(C1CCCCC1)C1CCCCC1)O[Si](CC)(CC)CC. The first kappa shape index (κ1) is 33.2. The second kappa shape index (κ2) is 17.6. The molecule has 0 aromatic rings. The highest BCUT2D eigenvalue weighted by molar-refractivity contribution is 7.78. The fourth-order valence-corrected chi connectivity index (χ4v) is 18.1. The molecule has 3 aliphatic carbocycles. The van der Waals surface area contributed by atoms with Gasteiger partial charge in [-0.3, -0.25) is 0 Å². The van der Waals surface area contributed by atoms with E-state index in [1.807, 2.05) is 6.08 Å². The third kappa shape index (κ3) is 9.10. The summed E-state index contributed by atoms with van der Waals surface area (Å²) >= 11 is 0. The van der Waals surface area contributed by atoms with E-state index in [2.05, 4.69) is 40.3 Å². The lowest BCUT2D eigenvalue weighted by Crippen LogP contribution is -2.38. The van der Waals surface area contributed by atoms with Gasteiger partial charge in [0.25, 0.3) is 14.3 Å². The van der Waals surface area contributed by atoms with Crippen LogP contribution in [0, 0.1) is 0 Å². The molecule has 1 unspecified atom stereocenters. The Hall–Kier alpha value is -0.273. The van der Waals surface area contributed by atoms with Gasteiger partial charge in [0.05, 0.1) is 23.1 Å². The van der Waals surface area contributed by atoms with Crippen LogP contribution in [0.3, 0.4) is 0 Å². The average molecular weight is 578 g/mol. The van der Waals surface area contributed by atoms with E-state index < -0.39 is 15.6 Å². The highest BCUT2D eigenvalue weighted by Gasteiger charge is 2.56. The van der Waals surface area contributed by atoms with Gasteiger partial charge in [-0.05, 0) is 108 Å². The molecule has 0 saturated heterocycles. The third-order valence-corrected chi connectivity index (χ3v) is 22.2. The fraction of sp³-hybridized carbons (Fsp3) is 0.886. The summed E-state index contributed by atoms with van der Waals surface area (Å²) in [4.78, 5) is 0. The molecule has 2 nitrogen and oxygen atoms in total. The predicted octanol–water partition coefficient (Wildman–Crippen LogP) is 12.0. The van der Waals surface area contributed by atoms with Gasteiger partial charge < -0.3 is 9.16 Å². The molecule has 39 heavy (non-hydrogen) atoms. The first-order chi connectivity index (χ1) is 19.1. The van der Waals surface area contributed by atoms with Crippen LogP contribution < -0.4 is 0 Å². The van der Waals surface area contributed by atoms with E-state index in [4.69, 9.17) is 9.16 Å². The normalized spacial score (nSPS) is 22.0. The zero-order valence-electron chi connectivity index (χ0n) is 26.7. The zero-order chi connectivity index (χ0) is 28.0. The molecule has 0 radical (unpaired) electrons. The Labute approximate surface area is 246 Å². The summed E-state index contributed by atoms with van der Waals surface area (Å²) in [5.74, 6) is 0.917. The van der Waals surface area contributed by atoms with Crippen LogP contribution in [0.15, 0.2) is 24.7 Å². The molecule has 226 valence electrons. The van der Waals surface area contributed by atoms with Crippen LogP contribution in [0.5, 0.6) is 0 Å². The molecule has 3 fully saturated rings. The average Bonchev–Trinajstić information content (AvgIpc) is 3.01. The van der Waals surface area contributed by atoms with Crippen LogP contribution in [0.25, 0.3) is 0 Å². The zero-order valence-corrected chi connectivity index (χ0v) is 28.6.